The second kappa shape index (κ2) is 5.93. The minimum Gasteiger partial charge on any atom is -0.347 e. The van der Waals surface area contributed by atoms with Crippen LogP contribution in [-0.4, -0.2) is 41.5 Å². The van der Waals surface area contributed by atoms with E-state index >= 15 is 0 Å². The number of nitrogens with zero attached hydrogens (tertiary/aromatic N) is 2. The summed E-state index contributed by atoms with van der Waals surface area (Å²) in [6.07, 6.45) is 5.46. The molecule has 1 unspecified atom stereocenters. The van der Waals surface area contributed by atoms with E-state index in [0.29, 0.717) is 5.69 Å². The first-order chi connectivity index (χ1) is 11.2. The number of hydrogen-bond donors (Lipinski definition) is 1. The quantitative estimate of drug-likeness (QED) is 0.928. The van der Waals surface area contributed by atoms with Gasteiger partial charge in [0.05, 0.1) is 0 Å². The van der Waals surface area contributed by atoms with Gasteiger partial charge in [-0.2, -0.15) is 0 Å². The van der Waals surface area contributed by atoms with Crippen LogP contribution in [0.4, 0.5) is 0 Å². The summed E-state index contributed by atoms with van der Waals surface area (Å²) in [6, 6.07) is 8.31. The third-order valence-electron chi connectivity index (χ3n) is 5.35. The van der Waals surface area contributed by atoms with Gasteiger partial charge < -0.3 is 10.2 Å². The largest absolute Gasteiger partial charge is 0.347 e. The van der Waals surface area contributed by atoms with Crippen molar-refractivity contribution >= 4 is 16.7 Å². The van der Waals surface area contributed by atoms with Crippen LogP contribution in [0, 0.1) is 12.8 Å². The third kappa shape index (κ3) is 2.95. The zero-order chi connectivity index (χ0) is 15.8. The summed E-state index contributed by atoms with van der Waals surface area (Å²) < 4.78 is 0. The van der Waals surface area contributed by atoms with E-state index in [0.717, 1.165) is 29.7 Å². The van der Waals surface area contributed by atoms with Gasteiger partial charge in [0.15, 0.2) is 0 Å². The van der Waals surface area contributed by atoms with Gasteiger partial charge in [-0.25, -0.2) is 0 Å². The average molecular weight is 309 g/mol. The predicted octanol–water partition coefficient (Wildman–Crippen LogP) is 2.76. The first-order valence-electron chi connectivity index (χ1n) is 8.57. The normalized spacial score (nSPS) is 26.9. The lowest BCUT2D eigenvalue weighted by atomic mass is 9.94. The van der Waals surface area contributed by atoms with Crippen molar-refractivity contribution in [2.45, 2.75) is 32.2 Å². The number of carbonyl (C=O) groups excluding carboxylic acids is 1. The maximum atomic E-state index is 12.6. The van der Waals surface area contributed by atoms with Gasteiger partial charge in [0.1, 0.15) is 5.69 Å². The van der Waals surface area contributed by atoms with Gasteiger partial charge in [0.25, 0.3) is 5.91 Å². The molecule has 23 heavy (non-hydrogen) atoms. The number of aromatic nitrogens is 1. The number of benzene rings is 1. The molecular formula is C19H23N3O. The Morgan fingerprint density at radius 1 is 1.30 bits per heavy atom. The molecule has 3 fully saturated rings. The second-order valence-corrected chi connectivity index (χ2v) is 7.02. The number of aryl methyl sites for hydroxylation is 1. The molecule has 3 aliphatic heterocycles. The van der Waals surface area contributed by atoms with Crippen molar-refractivity contribution in [2.24, 2.45) is 5.92 Å². The van der Waals surface area contributed by atoms with Crippen LogP contribution in [0.5, 0.6) is 0 Å². The van der Waals surface area contributed by atoms with Gasteiger partial charge in [-0.1, -0.05) is 18.2 Å². The highest BCUT2D eigenvalue weighted by molar-refractivity contribution is 5.97. The Morgan fingerprint density at radius 3 is 2.96 bits per heavy atom. The molecule has 0 spiro atoms. The van der Waals surface area contributed by atoms with Gasteiger partial charge in [-0.3, -0.25) is 9.78 Å². The van der Waals surface area contributed by atoms with E-state index in [4.69, 9.17) is 0 Å². The molecule has 120 valence electrons. The van der Waals surface area contributed by atoms with E-state index in [9.17, 15) is 4.79 Å². The zero-order valence-corrected chi connectivity index (χ0v) is 13.6. The van der Waals surface area contributed by atoms with Crippen LogP contribution >= 0.6 is 0 Å². The monoisotopic (exact) mass is 309 g/mol. The molecular weight excluding hydrogens is 286 g/mol. The summed E-state index contributed by atoms with van der Waals surface area (Å²) in [4.78, 5) is 19.5. The molecule has 0 saturated carbocycles. The number of pyridine rings is 1. The number of carbonyl (C=O) groups is 1. The van der Waals surface area contributed by atoms with Gasteiger partial charge >= 0.3 is 0 Å². The number of amides is 1. The Balaban J connectivity index is 1.54. The van der Waals surface area contributed by atoms with Crippen molar-refractivity contribution in [1.29, 1.82) is 0 Å². The van der Waals surface area contributed by atoms with Gasteiger partial charge in [-0.05, 0) is 62.2 Å². The number of piperidine rings is 1. The van der Waals surface area contributed by atoms with Crippen molar-refractivity contribution in [3.63, 3.8) is 0 Å². The molecule has 4 heterocycles. The van der Waals surface area contributed by atoms with Gasteiger partial charge in [-0.15, -0.1) is 0 Å². The average Bonchev–Trinajstić information content (AvgIpc) is 2.87. The topological polar surface area (TPSA) is 45.2 Å². The Bertz CT molecular complexity index is 720. The molecule has 1 N–H and O–H groups in total. The lowest BCUT2D eigenvalue weighted by Gasteiger charge is -2.26. The van der Waals surface area contributed by atoms with Crippen LogP contribution in [0.3, 0.4) is 0 Å². The molecule has 1 aromatic heterocycles. The van der Waals surface area contributed by atoms with Crippen LogP contribution in [0.1, 0.15) is 35.3 Å². The minimum atomic E-state index is -0.0392. The predicted molar refractivity (Wildman–Crippen MR) is 91.5 cm³/mol. The standard InChI is InChI=1S/C19H23N3O/c1-13-3-2-4-15-11-20-18(10-17(13)15)19(23)21-16-9-14-5-7-22(12-16)8-6-14/h2-4,10-11,14,16H,5-9,12H2,1H3,(H,21,23). The van der Waals surface area contributed by atoms with Gasteiger partial charge in [0, 0.05) is 24.2 Å². The van der Waals surface area contributed by atoms with Crippen LogP contribution < -0.4 is 5.32 Å². The Hall–Kier alpha value is -1.94. The van der Waals surface area contributed by atoms with Crippen molar-refractivity contribution < 1.29 is 4.79 Å². The van der Waals surface area contributed by atoms with Crippen molar-refractivity contribution in [1.82, 2.24) is 15.2 Å². The maximum absolute atomic E-state index is 12.6. The first-order valence-corrected chi connectivity index (χ1v) is 8.57. The molecule has 1 amide bonds. The van der Waals surface area contributed by atoms with Crippen molar-refractivity contribution in [3.8, 4) is 0 Å². The van der Waals surface area contributed by atoms with Crippen LogP contribution in [0.25, 0.3) is 10.8 Å². The number of rotatable bonds is 2. The van der Waals surface area contributed by atoms with Crippen molar-refractivity contribution in [2.75, 3.05) is 19.6 Å². The van der Waals surface area contributed by atoms with E-state index in [2.05, 4.69) is 28.2 Å². The summed E-state index contributed by atoms with van der Waals surface area (Å²) in [5, 5.41) is 5.41. The van der Waals surface area contributed by atoms with Crippen molar-refractivity contribution in [3.05, 3.63) is 41.7 Å². The van der Waals surface area contributed by atoms with E-state index in [1.807, 2.05) is 18.2 Å². The molecule has 4 heteroatoms. The van der Waals surface area contributed by atoms with E-state index in [-0.39, 0.29) is 11.9 Å². The number of nitrogens with one attached hydrogen (secondary N) is 1. The summed E-state index contributed by atoms with van der Waals surface area (Å²) in [7, 11) is 0. The Kier molecular flexibility index (Phi) is 3.77. The summed E-state index contributed by atoms with van der Waals surface area (Å²) in [5.74, 6) is 0.730. The molecule has 2 aromatic rings. The van der Waals surface area contributed by atoms with Crippen LogP contribution in [0.15, 0.2) is 30.5 Å². The lowest BCUT2D eigenvalue weighted by Crippen LogP contribution is -2.42. The molecule has 4 nitrogen and oxygen atoms in total. The number of hydrogen-bond acceptors (Lipinski definition) is 3. The summed E-state index contributed by atoms with van der Waals surface area (Å²) in [5.41, 5.74) is 1.70. The SMILES string of the molecule is Cc1cccc2cnc(C(=O)NC3CC4CCN(CC4)C3)cc12. The fraction of sp³-hybridized carbons (Fsp3) is 0.474. The lowest BCUT2D eigenvalue weighted by molar-refractivity contribution is 0.0924. The van der Waals surface area contributed by atoms with E-state index in [1.165, 1.54) is 31.5 Å². The fourth-order valence-corrected chi connectivity index (χ4v) is 4.01. The number of fused-ring (bicyclic) bond motifs is 5. The molecule has 3 aliphatic rings. The van der Waals surface area contributed by atoms with Crippen LogP contribution in [-0.2, 0) is 0 Å². The Labute approximate surface area is 136 Å². The van der Waals surface area contributed by atoms with E-state index in [1.54, 1.807) is 6.20 Å². The molecule has 0 radical (unpaired) electrons. The van der Waals surface area contributed by atoms with E-state index < -0.39 is 0 Å². The smallest absolute Gasteiger partial charge is 0.270 e. The molecule has 0 aliphatic carbocycles. The maximum Gasteiger partial charge on any atom is 0.270 e. The second-order valence-electron chi connectivity index (χ2n) is 7.02. The highest BCUT2D eigenvalue weighted by Crippen LogP contribution is 2.27. The third-order valence-corrected chi connectivity index (χ3v) is 5.35. The molecule has 1 atom stereocenters. The summed E-state index contributed by atoms with van der Waals surface area (Å²) in [6.45, 7) is 5.42. The fourth-order valence-electron chi connectivity index (χ4n) is 4.01. The zero-order valence-electron chi connectivity index (χ0n) is 13.6. The highest BCUT2D eigenvalue weighted by Gasteiger charge is 2.30. The molecule has 1 aromatic carbocycles. The molecule has 5 rings (SSSR count). The first kappa shape index (κ1) is 14.6. The van der Waals surface area contributed by atoms with Gasteiger partial charge in [0.2, 0.25) is 0 Å². The Morgan fingerprint density at radius 2 is 2.13 bits per heavy atom. The highest BCUT2D eigenvalue weighted by atomic mass is 16.1. The summed E-state index contributed by atoms with van der Waals surface area (Å²) >= 11 is 0. The van der Waals surface area contributed by atoms with Crippen LogP contribution in [0.2, 0.25) is 0 Å². The molecule has 2 bridgehead atoms. The molecule has 3 saturated heterocycles. The minimum absolute atomic E-state index is 0.0392.